The van der Waals surface area contributed by atoms with Gasteiger partial charge < -0.3 is 20.3 Å². The minimum absolute atomic E-state index is 0.286. The molecule has 0 atom stereocenters. The molecule has 1 aromatic heterocycles. The van der Waals surface area contributed by atoms with Crippen LogP contribution in [0.15, 0.2) is 24.3 Å². The van der Waals surface area contributed by atoms with E-state index in [0.29, 0.717) is 12.5 Å². The lowest BCUT2D eigenvalue weighted by atomic mass is 10.2. The summed E-state index contributed by atoms with van der Waals surface area (Å²) in [6.07, 6.45) is 0. The van der Waals surface area contributed by atoms with E-state index in [9.17, 15) is 4.79 Å². The maximum absolute atomic E-state index is 12.1. The predicted molar refractivity (Wildman–Crippen MR) is 94.7 cm³/mol. The molecule has 7 heteroatoms. The van der Waals surface area contributed by atoms with Gasteiger partial charge in [-0.1, -0.05) is 0 Å². The van der Waals surface area contributed by atoms with Gasteiger partial charge in [-0.15, -0.1) is 0 Å². The molecule has 0 bridgehead atoms. The van der Waals surface area contributed by atoms with Crippen molar-refractivity contribution in [1.82, 2.24) is 15.3 Å². The third-order valence-electron chi connectivity index (χ3n) is 3.41. The minimum Gasteiger partial charge on any atom is -0.497 e. The highest BCUT2D eigenvalue weighted by molar-refractivity contribution is 5.90. The normalized spacial score (nSPS) is 10.2. The van der Waals surface area contributed by atoms with E-state index in [-0.39, 0.29) is 6.03 Å². The average molecular weight is 329 g/mol. The number of aromatic nitrogens is 2. The van der Waals surface area contributed by atoms with Crippen molar-refractivity contribution in [1.29, 1.82) is 0 Å². The highest BCUT2D eigenvalue weighted by Crippen LogP contribution is 2.20. The van der Waals surface area contributed by atoms with Gasteiger partial charge in [-0.3, -0.25) is 0 Å². The van der Waals surface area contributed by atoms with Gasteiger partial charge in [0.05, 0.1) is 19.3 Å². The summed E-state index contributed by atoms with van der Waals surface area (Å²) in [6.45, 7) is 4.14. The van der Waals surface area contributed by atoms with E-state index in [4.69, 9.17) is 4.74 Å². The largest absolute Gasteiger partial charge is 0.497 e. The summed E-state index contributed by atoms with van der Waals surface area (Å²) in [7, 11) is 5.37. The molecule has 128 valence electrons. The van der Waals surface area contributed by atoms with E-state index in [1.807, 2.05) is 51.0 Å². The number of carbonyl (C=O) groups is 1. The molecule has 0 aliphatic heterocycles. The summed E-state index contributed by atoms with van der Waals surface area (Å²) in [5.41, 5.74) is 3.28. The molecule has 0 aliphatic rings. The van der Waals surface area contributed by atoms with Crippen LogP contribution in [0.25, 0.3) is 0 Å². The molecule has 0 unspecified atom stereocenters. The van der Waals surface area contributed by atoms with Gasteiger partial charge in [0.2, 0.25) is 5.95 Å². The van der Waals surface area contributed by atoms with Gasteiger partial charge in [0.1, 0.15) is 5.75 Å². The molecule has 2 rings (SSSR count). The first kappa shape index (κ1) is 17.5. The Morgan fingerprint density at radius 1 is 1.21 bits per heavy atom. The molecule has 2 N–H and O–H groups in total. The fourth-order valence-corrected chi connectivity index (χ4v) is 2.15. The summed E-state index contributed by atoms with van der Waals surface area (Å²) in [5, 5.41) is 5.63. The maximum Gasteiger partial charge on any atom is 0.319 e. The molecule has 2 aromatic rings. The zero-order valence-electron chi connectivity index (χ0n) is 14.7. The van der Waals surface area contributed by atoms with Crippen molar-refractivity contribution in [2.75, 3.05) is 31.4 Å². The SMILES string of the molecule is COc1ccc(NC(=O)NCc2cc(C)nc(N(C)C)n2)c(C)c1. The lowest BCUT2D eigenvalue weighted by molar-refractivity contribution is 0.251. The molecule has 1 heterocycles. The van der Waals surface area contributed by atoms with Gasteiger partial charge >= 0.3 is 6.03 Å². The van der Waals surface area contributed by atoms with Crippen molar-refractivity contribution >= 4 is 17.7 Å². The van der Waals surface area contributed by atoms with Crippen molar-refractivity contribution in [3.05, 3.63) is 41.2 Å². The monoisotopic (exact) mass is 329 g/mol. The molecule has 0 fully saturated rings. The Hall–Kier alpha value is -2.83. The van der Waals surface area contributed by atoms with E-state index in [1.54, 1.807) is 13.2 Å². The van der Waals surface area contributed by atoms with Crippen LogP contribution in [0, 0.1) is 13.8 Å². The Morgan fingerprint density at radius 3 is 2.58 bits per heavy atom. The number of hydrogen-bond acceptors (Lipinski definition) is 5. The number of rotatable bonds is 5. The Bertz CT molecular complexity index is 731. The van der Waals surface area contributed by atoms with Gasteiger partial charge in [0.15, 0.2) is 0 Å². The van der Waals surface area contributed by atoms with Crippen LogP contribution in [-0.2, 0) is 6.54 Å². The molecule has 2 amide bonds. The van der Waals surface area contributed by atoms with E-state index in [2.05, 4.69) is 20.6 Å². The highest BCUT2D eigenvalue weighted by Gasteiger charge is 2.08. The topological polar surface area (TPSA) is 79.4 Å². The summed E-state index contributed by atoms with van der Waals surface area (Å²) >= 11 is 0. The first-order chi connectivity index (χ1) is 11.4. The zero-order valence-corrected chi connectivity index (χ0v) is 14.7. The van der Waals surface area contributed by atoms with E-state index >= 15 is 0 Å². The van der Waals surface area contributed by atoms with Crippen LogP contribution in [0.5, 0.6) is 5.75 Å². The zero-order chi connectivity index (χ0) is 17.7. The number of ether oxygens (including phenoxy) is 1. The lowest BCUT2D eigenvalue weighted by Gasteiger charge is -2.13. The number of aryl methyl sites for hydroxylation is 2. The first-order valence-corrected chi connectivity index (χ1v) is 7.60. The average Bonchev–Trinajstić information content (AvgIpc) is 2.54. The van der Waals surface area contributed by atoms with Crippen molar-refractivity contribution in [2.45, 2.75) is 20.4 Å². The lowest BCUT2D eigenvalue weighted by Crippen LogP contribution is -2.29. The van der Waals surface area contributed by atoms with E-state index in [1.165, 1.54) is 0 Å². The number of carbonyl (C=O) groups excluding carboxylic acids is 1. The summed E-state index contributed by atoms with van der Waals surface area (Å²) in [6, 6.07) is 7.05. The molecule has 0 saturated carbocycles. The highest BCUT2D eigenvalue weighted by atomic mass is 16.5. The van der Waals surface area contributed by atoms with Gasteiger partial charge in [-0.2, -0.15) is 0 Å². The second-order valence-corrected chi connectivity index (χ2v) is 5.68. The number of hydrogen-bond donors (Lipinski definition) is 2. The number of amides is 2. The molecule has 0 aliphatic carbocycles. The molecule has 7 nitrogen and oxygen atoms in total. The molecule has 0 saturated heterocycles. The molecule has 0 radical (unpaired) electrons. The Kier molecular flexibility index (Phi) is 5.57. The molecule has 1 aromatic carbocycles. The van der Waals surface area contributed by atoms with Crippen molar-refractivity contribution in [3.8, 4) is 5.75 Å². The third-order valence-corrected chi connectivity index (χ3v) is 3.41. The number of nitrogens with one attached hydrogen (secondary N) is 2. The predicted octanol–water partition coefficient (Wildman–Crippen LogP) is 2.49. The second kappa shape index (κ2) is 7.63. The number of anilines is 2. The standard InChI is InChI=1S/C17H23N5O2/c1-11-8-14(24-5)6-7-15(11)21-17(23)18-10-13-9-12(2)19-16(20-13)22(3)4/h6-9H,10H2,1-5H3,(H2,18,21,23). The fraction of sp³-hybridized carbons (Fsp3) is 0.353. The summed E-state index contributed by atoms with van der Waals surface area (Å²) in [4.78, 5) is 22.7. The van der Waals surface area contributed by atoms with Gasteiger partial charge in [-0.05, 0) is 43.7 Å². The first-order valence-electron chi connectivity index (χ1n) is 7.60. The molecule has 0 spiro atoms. The molecule has 24 heavy (non-hydrogen) atoms. The van der Waals surface area contributed by atoms with Crippen molar-refractivity contribution in [2.24, 2.45) is 0 Å². The van der Waals surface area contributed by atoms with Crippen molar-refractivity contribution in [3.63, 3.8) is 0 Å². The number of urea groups is 1. The fourth-order valence-electron chi connectivity index (χ4n) is 2.15. The Balaban J connectivity index is 1.98. The molecular formula is C17H23N5O2. The number of benzene rings is 1. The van der Waals surface area contributed by atoms with Crippen molar-refractivity contribution < 1.29 is 9.53 Å². The maximum atomic E-state index is 12.1. The summed E-state index contributed by atoms with van der Waals surface area (Å²) < 4.78 is 5.16. The third kappa shape index (κ3) is 4.58. The van der Waals surface area contributed by atoms with Gasteiger partial charge in [-0.25, -0.2) is 14.8 Å². The second-order valence-electron chi connectivity index (χ2n) is 5.68. The Labute approximate surface area is 142 Å². The van der Waals surface area contributed by atoms with Gasteiger partial charge in [0.25, 0.3) is 0 Å². The number of methoxy groups -OCH3 is 1. The Morgan fingerprint density at radius 2 is 1.96 bits per heavy atom. The van der Waals surface area contributed by atoms with Crippen LogP contribution in [0.2, 0.25) is 0 Å². The van der Waals surface area contributed by atoms with Crippen LogP contribution in [-0.4, -0.2) is 37.2 Å². The quantitative estimate of drug-likeness (QED) is 0.881. The summed E-state index contributed by atoms with van der Waals surface area (Å²) in [5.74, 6) is 1.38. The van der Waals surface area contributed by atoms with Crippen LogP contribution in [0.4, 0.5) is 16.4 Å². The van der Waals surface area contributed by atoms with Crippen LogP contribution in [0.1, 0.15) is 17.0 Å². The minimum atomic E-state index is -0.286. The smallest absolute Gasteiger partial charge is 0.319 e. The van der Waals surface area contributed by atoms with Crippen LogP contribution < -0.4 is 20.3 Å². The molecular weight excluding hydrogens is 306 g/mol. The van der Waals surface area contributed by atoms with E-state index < -0.39 is 0 Å². The van der Waals surface area contributed by atoms with Gasteiger partial charge in [0, 0.05) is 25.5 Å². The van der Waals surface area contributed by atoms with Crippen LogP contribution in [0.3, 0.4) is 0 Å². The number of nitrogens with zero attached hydrogens (tertiary/aromatic N) is 3. The van der Waals surface area contributed by atoms with E-state index in [0.717, 1.165) is 28.4 Å². The van der Waals surface area contributed by atoms with Crippen LogP contribution >= 0.6 is 0 Å².